The molecule has 0 aromatic heterocycles. The van der Waals surface area contributed by atoms with Gasteiger partial charge in [-0.1, -0.05) is 0 Å². The maximum atomic E-state index is 13.2. The summed E-state index contributed by atoms with van der Waals surface area (Å²) < 4.78 is 100. The molecule has 111 heavy (non-hydrogen) atoms. The Morgan fingerprint density at radius 2 is 0.541 bits per heavy atom. The summed E-state index contributed by atoms with van der Waals surface area (Å²) >= 11 is 0. The number of aliphatic hydroxyl groups excluding tert-OH is 24. The zero-order valence-corrected chi connectivity index (χ0v) is 59.9. The average Bonchev–Trinajstić information content (AvgIpc) is 0.763. The van der Waals surface area contributed by atoms with Crippen molar-refractivity contribution >= 4 is 23.6 Å². The van der Waals surface area contributed by atoms with Crippen molar-refractivity contribution in [1.82, 2.24) is 21.3 Å². The SMILES string of the molecule is CC(=O)N[C@@H]1[C@@H](O[C@@H]2O[C@H](CO)[C@H](O)[C@H](O)[C@H]2O)[C@@H](O)[C@@H](CO[C@@H]2O[C@H](CO)[C@@H](O[C@@H]3O[C@H](CO)[C@H](O)[C@H](O[C@@H]4O[C@H](CO)[C@@H](O[C@@H]5O[C@H](CO)[C@H](O)[C@H](O[C@@H]6O[C@H](CO)[C@@H](O[C@@H]7O[C@H](CO)[C@H](O)[C@H](O)[C@H]7O)[C@H](O[C@@H]7O[C@@H](C)[C@@H](O)[C@@H](O)[C@@H]7O)[C@H]6NC(C)=O)[C@H]5O)[C@H](O)[C@H]4NC(C)=O)[C@H]3O)[C@H](O)[C@H]2NC(C)=O)O[C@H]1O. The van der Waals surface area contributed by atoms with Crippen LogP contribution in [0.3, 0.4) is 0 Å². The van der Waals surface area contributed by atoms with Crippen LogP contribution in [0.15, 0.2) is 0 Å². The van der Waals surface area contributed by atoms with Crippen LogP contribution in [0.25, 0.3) is 0 Å². The van der Waals surface area contributed by atoms with Crippen molar-refractivity contribution in [3.63, 3.8) is 0 Å². The van der Waals surface area contributed by atoms with Gasteiger partial charge in [-0.2, -0.15) is 0 Å². The molecule has 0 aliphatic carbocycles. The lowest BCUT2D eigenvalue weighted by atomic mass is 9.93. The molecule has 9 aliphatic rings. The van der Waals surface area contributed by atoms with E-state index in [9.17, 15) is 142 Å². The van der Waals surface area contributed by atoms with Crippen LogP contribution in [0.2, 0.25) is 0 Å². The Bertz CT molecular complexity index is 2950. The number of carbonyl (C=O) groups excluding carboxylic acids is 4. The maximum absolute atomic E-state index is 13.2. The van der Waals surface area contributed by atoms with Crippen molar-refractivity contribution in [1.29, 1.82) is 0 Å². The van der Waals surface area contributed by atoms with Gasteiger partial charge in [-0.3, -0.25) is 19.2 Å². The standard InChI is InChI=1S/C62H104N4O45/c1-14-31(78)39(86)42(89)58(96-14)109-51-30(66-18(5)77)57(104-25(12-73)49(51)107-59-43(90)40(87)32(79)19(6-67)98-59)111-53-35(82)22(9-70)101-62(46(53)93)106-48-24(11-72)103-56(28(38(48)85)64-16(3)75)110-52-34(81)21(8-69)100-61(45(52)92)105-47-23(10-71)102-55(27(37(47)84)63-15(2)74)95-13-26-36(83)50(29(54(94)97-26)65-17(4)76)108-60-44(91)41(88)33(80)20(7-68)99-60/h14,19-62,67-73,78-94H,6-13H2,1-5H3,(H,63,74)(H,64,75)(H,65,76)(H,66,77)/t14-,19+,20+,21+,22+,23+,24+,25+,26+,27+,28+,29+,30+,31+,32-,33-,34-,35-,36-,37+,38+,39+,40-,41-,42-,43+,44+,45+,46+,47+,48+,49+,50+,51+,52-,53-,54+,55+,56-,57-,58-,59-,60-,61-,62-/m0/s1. The summed E-state index contributed by atoms with van der Waals surface area (Å²) in [7, 11) is 0. The molecule has 9 saturated heterocycles. The Kier molecular flexibility index (Phi) is 32.6. The summed E-state index contributed by atoms with van der Waals surface area (Å²) in [4.78, 5) is 51.3. The van der Waals surface area contributed by atoms with Gasteiger partial charge in [-0.05, 0) is 6.92 Å². The van der Waals surface area contributed by atoms with Crippen LogP contribution in [-0.4, -0.2) is 475 Å². The highest BCUT2D eigenvalue weighted by Crippen LogP contribution is 2.40. The van der Waals surface area contributed by atoms with E-state index in [-0.39, 0.29) is 0 Å². The quantitative estimate of drug-likeness (QED) is 0.0346. The zero-order chi connectivity index (χ0) is 81.8. The molecule has 9 rings (SSSR count). The van der Waals surface area contributed by atoms with Gasteiger partial charge in [0.05, 0.1) is 59.0 Å². The van der Waals surface area contributed by atoms with Crippen molar-refractivity contribution in [2.45, 2.75) is 311 Å². The number of carbonyl (C=O) groups is 4. The van der Waals surface area contributed by atoms with E-state index in [4.69, 9.17) is 80.5 Å². The Morgan fingerprint density at radius 3 is 0.955 bits per heavy atom. The van der Waals surface area contributed by atoms with Gasteiger partial charge in [0.15, 0.2) is 56.6 Å². The smallest absolute Gasteiger partial charge is 0.217 e. The second kappa shape index (κ2) is 39.7. The third kappa shape index (κ3) is 20.2. The molecule has 0 bridgehead atoms. The van der Waals surface area contributed by atoms with Crippen LogP contribution < -0.4 is 21.3 Å². The van der Waals surface area contributed by atoms with Gasteiger partial charge in [-0.25, -0.2) is 0 Å². The van der Waals surface area contributed by atoms with E-state index in [1.165, 1.54) is 6.92 Å². The van der Waals surface area contributed by atoms with Crippen LogP contribution in [-0.2, 0) is 99.7 Å². The van der Waals surface area contributed by atoms with E-state index in [2.05, 4.69) is 21.3 Å². The topological polar surface area (TPSA) is 759 Å². The van der Waals surface area contributed by atoms with Crippen LogP contribution in [0.5, 0.6) is 0 Å². The minimum Gasteiger partial charge on any atom is -0.394 e. The van der Waals surface area contributed by atoms with Gasteiger partial charge >= 0.3 is 0 Å². The zero-order valence-electron chi connectivity index (χ0n) is 59.9. The molecule has 4 amide bonds. The molecule has 0 unspecified atom stereocenters. The second-order valence-corrected chi connectivity index (χ2v) is 28.1. The normalized spacial score (nSPS) is 49.3. The van der Waals surface area contributed by atoms with Gasteiger partial charge in [0.1, 0.15) is 213 Å². The first-order valence-corrected chi connectivity index (χ1v) is 35.5. The number of ether oxygens (including phenoxy) is 17. The van der Waals surface area contributed by atoms with E-state index >= 15 is 0 Å². The van der Waals surface area contributed by atoms with Crippen LogP contribution in [0.1, 0.15) is 34.6 Å². The van der Waals surface area contributed by atoms with Crippen LogP contribution >= 0.6 is 0 Å². The minimum atomic E-state index is -2.39. The van der Waals surface area contributed by atoms with Gasteiger partial charge in [-0.15, -0.1) is 0 Å². The summed E-state index contributed by atoms with van der Waals surface area (Å²) in [5.74, 6) is -3.56. The fourth-order valence-corrected chi connectivity index (χ4v) is 14.4. The molecular formula is C62H104N4O45. The average molecular weight is 1630 g/mol. The third-order valence-electron chi connectivity index (χ3n) is 20.3. The molecule has 0 spiro atoms. The monoisotopic (exact) mass is 1620 g/mol. The minimum absolute atomic E-state index is 0.794. The van der Waals surface area contributed by atoms with E-state index in [1.54, 1.807) is 0 Å². The third-order valence-corrected chi connectivity index (χ3v) is 20.3. The fraction of sp³-hybridized carbons (Fsp3) is 0.935. The molecule has 49 nitrogen and oxygen atoms in total. The van der Waals surface area contributed by atoms with Gasteiger partial charge in [0.25, 0.3) is 0 Å². The number of hydrogen-bond acceptors (Lipinski definition) is 45. The first-order chi connectivity index (χ1) is 52.5. The number of nitrogens with one attached hydrogen (secondary N) is 4. The molecular weight excluding hydrogens is 1520 g/mol. The molecule has 642 valence electrons. The second-order valence-electron chi connectivity index (χ2n) is 28.1. The molecule has 9 heterocycles. The lowest BCUT2D eigenvalue weighted by molar-refractivity contribution is -0.393. The Balaban J connectivity index is 0.918. The molecule has 49 heteroatoms. The number of hydrogen-bond donors (Lipinski definition) is 28. The van der Waals surface area contributed by atoms with Gasteiger partial charge in [0, 0.05) is 27.7 Å². The molecule has 0 aromatic carbocycles. The predicted molar refractivity (Wildman–Crippen MR) is 342 cm³/mol. The molecule has 28 N–H and O–H groups in total. The summed E-state index contributed by atoms with van der Waals surface area (Å²) in [5.41, 5.74) is 0. The molecule has 9 aliphatic heterocycles. The molecule has 0 radical (unpaired) electrons. The Hall–Kier alpha value is -3.76. The van der Waals surface area contributed by atoms with Crippen molar-refractivity contribution < 1.29 is 222 Å². The van der Waals surface area contributed by atoms with Crippen molar-refractivity contribution in [2.75, 3.05) is 52.9 Å². The Labute approximate surface area is 629 Å². The Morgan fingerprint density at radius 1 is 0.252 bits per heavy atom. The van der Waals surface area contributed by atoms with Crippen molar-refractivity contribution in [3.8, 4) is 0 Å². The highest BCUT2D eigenvalue weighted by molar-refractivity contribution is 5.74. The summed E-state index contributed by atoms with van der Waals surface area (Å²) in [5, 5.41) is 274. The number of rotatable bonds is 28. The number of aliphatic hydroxyl groups is 24. The fourth-order valence-electron chi connectivity index (χ4n) is 14.4. The van der Waals surface area contributed by atoms with Crippen molar-refractivity contribution in [3.05, 3.63) is 0 Å². The lowest BCUT2D eigenvalue weighted by Crippen LogP contribution is -2.71. The molecule has 0 saturated carbocycles. The van der Waals surface area contributed by atoms with Crippen LogP contribution in [0, 0.1) is 0 Å². The predicted octanol–water partition coefficient (Wildman–Crippen LogP) is -19.0. The van der Waals surface area contributed by atoms with Gasteiger partial charge in [0.2, 0.25) is 23.6 Å². The highest BCUT2D eigenvalue weighted by atomic mass is 16.8. The highest BCUT2D eigenvalue weighted by Gasteiger charge is 2.61. The van der Waals surface area contributed by atoms with Gasteiger partial charge < -0.3 is 224 Å². The van der Waals surface area contributed by atoms with E-state index in [1.807, 2.05) is 0 Å². The van der Waals surface area contributed by atoms with E-state index < -0.39 is 353 Å². The largest absolute Gasteiger partial charge is 0.394 e. The first kappa shape index (κ1) is 91.1. The van der Waals surface area contributed by atoms with E-state index in [0.29, 0.717) is 0 Å². The van der Waals surface area contributed by atoms with Crippen molar-refractivity contribution in [2.24, 2.45) is 0 Å². The molecule has 45 atom stereocenters. The molecule has 0 aromatic rings. The summed E-state index contributed by atoms with van der Waals surface area (Å²) in [6.45, 7) is -3.23. The molecule has 9 fully saturated rings. The maximum Gasteiger partial charge on any atom is 0.217 e. The lowest BCUT2D eigenvalue weighted by Gasteiger charge is -2.52. The van der Waals surface area contributed by atoms with E-state index in [0.717, 1.165) is 27.7 Å². The van der Waals surface area contributed by atoms with Crippen LogP contribution in [0.4, 0.5) is 0 Å². The summed E-state index contributed by atoms with van der Waals surface area (Å²) in [6.07, 6.45) is -81.2. The summed E-state index contributed by atoms with van der Waals surface area (Å²) in [6, 6.07) is -7.29. The first-order valence-electron chi connectivity index (χ1n) is 35.5. The number of amides is 4.